The van der Waals surface area contributed by atoms with Gasteiger partial charge in [-0.25, -0.2) is 9.59 Å². The summed E-state index contributed by atoms with van der Waals surface area (Å²) in [6.07, 6.45) is 2.19. The molecule has 3 rings (SSSR count). The molecule has 158 valence electrons. The average molecular weight is 403 g/mol. The van der Waals surface area contributed by atoms with Gasteiger partial charge in [-0.2, -0.15) is 0 Å². The monoisotopic (exact) mass is 403 g/mol. The van der Waals surface area contributed by atoms with Crippen molar-refractivity contribution < 1.29 is 24.5 Å². The molecule has 1 aromatic carbocycles. The molecule has 0 aliphatic carbocycles. The van der Waals surface area contributed by atoms with Crippen molar-refractivity contribution in [2.75, 3.05) is 32.8 Å². The van der Waals surface area contributed by atoms with E-state index in [4.69, 9.17) is 24.5 Å². The zero-order valence-corrected chi connectivity index (χ0v) is 16.7. The molecule has 2 heterocycles. The van der Waals surface area contributed by atoms with Crippen LogP contribution in [0.2, 0.25) is 0 Å². The van der Waals surface area contributed by atoms with Crippen molar-refractivity contribution in [3.05, 3.63) is 59.9 Å². The molecular formula is C21H29N3O5. The van der Waals surface area contributed by atoms with E-state index in [1.165, 1.54) is 11.3 Å². The van der Waals surface area contributed by atoms with E-state index >= 15 is 0 Å². The van der Waals surface area contributed by atoms with Crippen molar-refractivity contribution in [1.29, 1.82) is 0 Å². The highest BCUT2D eigenvalue weighted by atomic mass is 16.5. The Bertz CT molecular complexity index is 745. The fourth-order valence-corrected chi connectivity index (χ4v) is 3.02. The lowest BCUT2D eigenvalue weighted by Gasteiger charge is -2.27. The number of hydrogen-bond donors (Lipinski definition) is 3. The Balaban J connectivity index is 0.000000438. The van der Waals surface area contributed by atoms with Crippen molar-refractivity contribution in [3.63, 3.8) is 0 Å². The molecule has 1 aromatic heterocycles. The van der Waals surface area contributed by atoms with Crippen LogP contribution in [0.1, 0.15) is 24.2 Å². The lowest BCUT2D eigenvalue weighted by atomic mass is 10.1. The summed E-state index contributed by atoms with van der Waals surface area (Å²) in [4.78, 5) is 20.7. The Morgan fingerprint density at radius 3 is 2.31 bits per heavy atom. The van der Waals surface area contributed by atoms with Crippen LogP contribution in [0.5, 0.6) is 0 Å². The van der Waals surface area contributed by atoms with Crippen LogP contribution < -0.4 is 5.32 Å². The largest absolute Gasteiger partial charge is 0.473 e. The van der Waals surface area contributed by atoms with Crippen molar-refractivity contribution in [1.82, 2.24) is 14.8 Å². The number of nitrogens with zero attached hydrogens (tertiary/aromatic N) is 2. The van der Waals surface area contributed by atoms with Crippen LogP contribution in [0, 0.1) is 0 Å². The van der Waals surface area contributed by atoms with Crippen LogP contribution >= 0.6 is 0 Å². The fraction of sp³-hybridized carbons (Fsp3) is 0.429. The molecule has 1 aliphatic heterocycles. The van der Waals surface area contributed by atoms with Gasteiger partial charge in [-0.3, -0.25) is 4.90 Å². The van der Waals surface area contributed by atoms with Gasteiger partial charge in [0.2, 0.25) is 0 Å². The van der Waals surface area contributed by atoms with Gasteiger partial charge >= 0.3 is 11.9 Å². The lowest BCUT2D eigenvalue weighted by molar-refractivity contribution is -0.159. The van der Waals surface area contributed by atoms with Crippen LogP contribution in [-0.4, -0.2) is 64.5 Å². The van der Waals surface area contributed by atoms with Crippen molar-refractivity contribution in [3.8, 4) is 0 Å². The fourth-order valence-electron chi connectivity index (χ4n) is 3.02. The number of aromatic nitrogens is 1. The van der Waals surface area contributed by atoms with E-state index in [2.05, 4.69) is 70.4 Å². The second kappa shape index (κ2) is 12.0. The second-order valence-corrected chi connectivity index (χ2v) is 6.77. The molecular weight excluding hydrogens is 374 g/mol. The number of carbonyl (C=O) groups is 2. The molecule has 1 unspecified atom stereocenters. The third kappa shape index (κ3) is 8.06. The molecule has 1 saturated heterocycles. The molecule has 8 nitrogen and oxygen atoms in total. The van der Waals surface area contributed by atoms with E-state index in [0.717, 1.165) is 45.9 Å². The highest BCUT2D eigenvalue weighted by Crippen LogP contribution is 2.13. The number of aliphatic carboxylic acids is 2. The molecule has 29 heavy (non-hydrogen) atoms. The normalized spacial score (nSPS) is 15.2. The summed E-state index contributed by atoms with van der Waals surface area (Å²) in [5.41, 5.74) is 2.68. The van der Waals surface area contributed by atoms with Crippen LogP contribution in [0.4, 0.5) is 0 Å². The van der Waals surface area contributed by atoms with Crippen molar-refractivity contribution >= 4 is 11.9 Å². The van der Waals surface area contributed by atoms with Crippen LogP contribution in [0.3, 0.4) is 0 Å². The number of carboxylic acid groups (broad SMARTS) is 2. The van der Waals surface area contributed by atoms with Gasteiger partial charge in [-0.05, 0) is 24.6 Å². The molecule has 2 aromatic rings. The Kier molecular flexibility index (Phi) is 9.36. The standard InChI is InChI=1S/C19H27N3O.C2H2O4/c1-17(18-6-3-2-4-7-18)20-16-19-8-5-9-22(19)11-10-21-12-14-23-15-13-21;3-1(4)2(5)6/h2-9,17,20H,10-16H2,1H3;(H,3,4)(H,5,6). The van der Waals surface area contributed by atoms with E-state index in [1.807, 2.05) is 0 Å². The number of carboxylic acids is 2. The SMILES string of the molecule is CC(NCc1cccn1CCN1CCOCC1)c1ccccc1.O=C(O)C(=O)O. The number of rotatable bonds is 7. The summed E-state index contributed by atoms with van der Waals surface area (Å²) in [6.45, 7) is 9.11. The minimum atomic E-state index is -1.82. The third-order valence-electron chi connectivity index (χ3n) is 4.76. The van der Waals surface area contributed by atoms with Gasteiger partial charge < -0.3 is 24.8 Å². The summed E-state index contributed by atoms with van der Waals surface area (Å²) in [7, 11) is 0. The zero-order chi connectivity index (χ0) is 21.1. The molecule has 1 atom stereocenters. The number of hydrogen-bond acceptors (Lipinski definition) is 5. The summed E-state index contributed by atoms with van der Waals surface area (Å²) in [6, 6.07) is 15.3. The molecule has 1 fully saturated rings. The first-order valence-electron chi connectivity index (χ1n) is 9.66. The summed E-state index contributed by atoms with van der Waals surface area (Å²) in [5.74, 6) is -3.65. The Morgan fingerprint density at radius 1 is 1.03 bits per heavy atom. The Labute approximate surface area is 170 Å². The van der Waals surface area contributed by atoms with Gasteiger partial charge in [0.1, 0.15) is 0 Å². The van der Waals surface area contributed by atoms with Gasteiger partial charge in [-0.15, -0.1) is 0 Å². The maximum Gasteiger partial charge on any atom is 0.414 e. The molecule has 0 radical (unpaired) electrons. The minimum absolute atomic E-state index is 0.360. The molecule has 0 saturated carbocycles. The van der Waals surface area contributed by atoms with E-state index in [9.17, 15) is 0 Å². The van der Waals surface area contributed by atoms with E-state index in [0.29, 0.717) is 6.04 Å². The number of morpholine rings is 1. The molecule has 0 bridgehead atoms. The summed E-state index contributed by atoms with van der Waals surface area (Å²) in [5, 5.41) is 18.4. The molecule has 0 amide bonds. The highest BCUT2D eigenvalue weighted by molar-refractivity contribution is 6.27. The van der Waals surface area contributed by atoms with Gasteiger partial charge in [0.25, 0.3) is 0 Å². The minimum Gasteiger partial charge on any atom is -0.473 e. The van der Waals surface area contributed by atoms with E-state index < -0.39 is 11.9 Å². The van der Waals surface area contributed by atoms with Gasteiger partial charge in [-0.1, -0.05) is 30.3 Å². The van der Waals surface area contributed by atoms with Crippen LogP contribution in [-0.2, 0) is 27.4 Å². The quantitative estimate of drug-likeness (QED) is 0.606. The Morgan fingerprint density at radius 2 is 1.69 bits per heavy atom. The summed E-state index contributed by atoms with van der Waals surface area (Å²) >= 11 is 0. The first-order valence-corrected chi connectivity index (χ1v) is 9.66. The highest BCUT2D eigenvalue weighted by Gasteiger charge is 2.11. The molecule has 3 N–H and O–H groups in total. The van der Waals surface area contributed by atoms with Gasteiger partial charge in [0.15, 0.2) is 0 Å². The third-order valence-corrected chi connectivity index (χ3v) is 4.76. The zero-order valence-electron chi connectivity index (χ0n) is 16.7. The van der Waals surface area contributed by atoms with Gasteiger partial charge in [0.05, 0.1) is 13.2 Å². The van der Waals surface area contributed by atoms with E-state index in [1.54, 1.807) is 0 Å². The van der Waals surface area contributed by atoms with E-state index in [-0.39, 0.29) is 0 Å². The topological polar surface area (TPSA) is 104 Å². The number of benzene rings is 1. The predicted molar refractivity (Wildman–Crippen MR) is 109 cm³/mol. The average Bonchev–Trinajstić information content (AvgIpc) is 3.19. The van der Waals surface area contributed by atoms with Crippen LogP contribution in [0.25, 0.3) is 0 Å². The predicted octanol–water partition coefficient (Wildman–Crippen LogP) is 1.83. The molecule has 1 aliphatic rings. The van der Waals surface area contributed by atoms with Gasteiger partial charge in [0, 0.05) is 50.7 Å². The first-order chi connectivity index (χ1) is 14.0. The first kappa shape index (κ1) is 22.6. The van der Waals surface area contributed by atoms with Crippen molar-refractivity contribution in [2.45, 2.75) is 26.1 Å². The van der Waals surface area contributed by atoms with Crippen LogP contribution in [0.15, 0.2) is 48.7 Å². The second-order valence-electron chi connectivity index (χ2n) is 6.77. The molecule has 0 spiro atoms. The summed E-state index contributed by atoms with van der Waals surface area (Å²) < 4.78 is 7.77. The number of ether oxygens (including phenoxy) is 1. The maximum atomic E-state index is 9.10. The molecule has 8 heteroatoms. The number of nitrogens with one attached hydrogen (secondary N) is 1. The van der Waals surface area contributed by atoms with Crippen molar-refractivity contribution in [2.24, 2.45) is 0 Å². The lowest BCUT2D eigenvalue weighted by Crippen LogP contribution is -2.38. The maximum absolute atomic E-state index is 9.10. The Hall–Kier alpha value is -2.68. The smallest absolute Gasteiger partial charge is 0.414 e.